The van der Waals surface area contributed by atoms with E-state index >= 15 is 0 Å². The lowest BCUT2D eigenvalue weighted by atomic mass is 9.99. The molecule has 0 fully saturated rings. The number of methoxy groups -OCH3 is 1. The van der Waals surface area contributed by atoms with Gasteiger partial charge in [0.05, 0.1) is 13.2 Å². The van der Waals surface area contributed by atoms with Crippen LogP contribution in [0.15, 0.2) is 47.8 Å². The summed E-state index contributed by atoms with van der Waals surface area (Å²) in [5.74, 6) is 0.159. The monoisotopic (exact) mass is 278 g/mol. The molecule has 0 saturated carbocycles. The van der Waals surface area contributed by atoms with Gasteiger partial charge in [-0.3, -0.25) is 9.59 Å². The molecule has 0 aromatic rings. The summed E-state index contributed by atoms with van der Waals surface area (Å²) in [5.41, 5.74) is 0.985. The van der Waals surface area contributed by atoms with Crippen LogP contribution in [0.3, 0.4) is 0 Å². The largest absolute Gasteiger partial charge is 0.494 e. The number of rotatable bonds is 9. The van der Waals surface area contributed by atoms with E-state index < -0.39 is 6.10 Å². The Labute approximate surface area is 120 Å². The van der Waals surface area contributed by atoms with Crippen molar-refractivity contribution in [2.45, 2.75) is 26.4 Å². The van der Waals surface area contributed by atoms with Crippen molar-refractivity contribution in [3.8, 4) is 0 Å². The van der Waals surface area contributed by atoms with E-state index in [-0.39, 0.29) is 11.7 Å². The second kappa shape index (κ2) is 10.9. The highest BCUT2D eigenvalue weighted by atomic mass is 16.5. The lowest BCUT2D eigenvalue weighted by Crippen LogP contribution is -2.15. The number of aliphatic hydroxyl groups excluding tert-OH is 1. The van der Waals surface area contributed by atoms with Crippen LogP contribution >= 0.6 is 0 Å². The highest BCUT2D eigenvalue weighted by Gasteiger charge is 2.10. The topological polar surface area (TPSA) is 63.6 Å². The van der Waals surface area contributed by atoms with E-state index in [4.69, 9.17) is 4.74 Å². The van der Waals surface area contributed by atoms with E-state index in [1.807, 2.05) is 26.0 Å². The predicted octanol–water partition coefficient (Wildman–Crippen LogP) is 2.36. The van der Waals surface area contributed by atoms with Gasteiger partial charge in [-0.1, -0.05) is 36.8 Å². The van der Waals surface area contributed by atoms with Gasteiger partial charge < -0.3 is 9.84 Å². The van der Waals surface area contributed by atoms with Gasteiger partial charge in [-0.25, -0.2) is 0 Å². The Morgan fingerprint density at radius 2 is 1.95 bits per heavy atom. The maximum atomic E-state index is 10.5. The van der Waals surface area contributed by atoms with Gasteiger partial charge >= 0.3 is 0 Å². The summed E-state index contributed by atoms with van der Waals surface area (Å²) in [5, 5.41) is 9.97. The zero-order valence-electron chi connectivity index (χ0n) is 12.2. The fourth-order valence-corrected chi connectivity index (χ4v) is 1.53. The number of carbonyl (C=O) groups is 2. The van der Waals surface area contributed by atoms with Crippen LogP contribution in [0.1, 0.15) is 20.3 Å². The minimum atomic E-state index is -0.589. The van der Waals surface area contributed by atoms with Crippen molar-refractivity contribution in [2.75, 3.05) is 7.11 Å². The van der Waals surface area contributed by atoms with E-state index in [0.29, 0.717) is 19.0 Å². The third kappa shape index (κ3) is 8.21. The molecule has 0 aliphatic rings. The molecule has 0 aromatic carbocycles. The van der Waals surface area contributed by atoms with Crippen LogP contribution < -0.4 is 0 Å². The molecule has 4 nitrogen and oxygen atoms in total. The highest BCUT2D eigenvalue weighted by Crippen LogP contribution is 2.13. The van der Waals surface area contributed by atoms with Gasteiger partial charge in [0, 0.05) is 5.92 Å². The molecule has 0 amide bonds. The minimum Gasteiger partial charge on any atom is -0.494 e. The van der Waals surface area contributed by atoms with Crippen LogP contribution in [0.2, 0.25) is 0 Å². The Kier molecular flexibility index (Phi) is 9.87. The summed E-state index contributed by atoms with van der Waals surface area (Å²) >= 11 is 0. The number of hydrogen-bond donors (Lipinski definition) is 1. The molecule has 1 N–H and O–H groups in total. The van der Waals surface area contributed by atoms with E-state index in [1.165, 1.54) is 13.2 Å². The van der Waals surface area contributed by atoms with Gasteiger partial charge in [-0.15, -0.1) is 0 Å². The Balaban J connectivity index is 4.50. The zero-order valence-corrected chi connectivity index (χ0v) is 12.2. The summed E-state index contributed by atoms with van der Waals surface area (Å²) in [7, 11) is 1.41. The number of allylic oxidation sites excluding steroid dienone is 6. The van der Waals surface area contributed by atoms with Crippen LogP contribution in [0.4, 0.5) is 0 Å². The SMILES string of the molecule is CO/C(C=O)=C/C[C@H](O)[C@@H](C)/C=C(C)/C=C/C=C/C=O. The molecule has 0 spiro atoms. The van der Waals surface area contributed by atoms with Crippen LogP contribution in [-0.4, -0.2) is 30.9 Å². The lowest BCUT2D eigenvalue weighted by Gasteiger charge is -2.14. The van der Waals surface area contributed by atoms with E-state index in [0.717, 1.165) is 5.57 Å². The molecule has 0 radical (unpaired) electrons. The summed E-state index contributed by atoms with van der Waals surface area (Å²) in [6.07, 6.45) is 11.2. The number of carbonyl (C=O) groups excluding carboxylic acids is 2. The Bertz CT molecular complexity index is 416. The second-order valence-corrected chi connectivity index (χ2v) is 4.38. The average molecular weight is 278 g/mol. The van der Waals surface area contributed by atoms with Gasteiger partial charge in [0.15, 0.2) is 12.0 Å². The van der Waals surface area contributed by atoms with Gasteiger partial charge in [0.2, 0.25) is 0 Å². The Morgan fingerprint density at radius 3 is 2.50 bits per heavy atom. The lowest BCUT2D eigenvalue weighted by molar-refractivity contribution is -0.107. The predicted molar refractivity (Wildman–Crippen MR) is 79.0 cm³/mol. The molecule has 0 saturated heterocycles. The van der Waals surface area contributed by atoms with Crippen LogP contribution in [0.25, 0.3) is 0 Å². The molecule has 20 heavy (non-hydrogen) atoms. The molecule has 0 bridgehead atoms. The van der Waals surface area contributed by atoms with E-state index in [9.17, 15) is 14.7 Å². The minimum absolute atomic E-state index is 0.0595. The first kappa shape index (κ1) is 18.1. The molecule has 0 aliphatic carbocycles. The second-order valence-electron chi connectivity index (χ2n) is 4.38. The van der Waals surface area contributed by atoms with Crippen molar-refractivity contribution in [3.05, 3.63) is 47.8 Å². The molecule has 0 rings (SSSR count). The van der Waals surface area contributed by atoms with Crippen LogP contribution in [0, 0.1) is 5.92 Å². The average Bonchev–Trinajstić information content (AvgIpc) is 2.44. The third-order valence-electron chi connectivity index (χ3n) is 2.70. The molecule has 110 valence electrons. The first-order valence-electron chi connectivity index (χ1n) is 6.39. The molecular formula is C16H22O4. The fraction of sp³-hybridized carbons (Fsp3) is 0.375. The van der Waals surface area contributed by atoms with E-state index in [1.54, 1.807) is 18.2 Å². The normalized spacial score (nSPS) is 16.4. The van der Waals surface area contributed by atoms with Crippen molar-refractivity contribution in [3.63, 3.8) is 0 Å². The molecule has 0 heterocycles. The van der Waals surface area contributed by atoms with Crippen molar-refractivity contribution in [1.29, 1.82) is 0 Å². The van der Waals surface area contributed by atoms with Gasteiger partial charge in [0.1, 0.15) is 6.29 Å². The van der Waals surface area contributed by atoms with Crippen molar-refractivity contribution in [1.82, 2.24) is 0 Å². The fourth-order valence-electron chi connectivity index (χ4n) is 1.53. The van der Waals surface area contributed by atoms with Crippen LogP contribution in [0.5, 0.6) is 0 Å². The zero-order chi connectivity index (χ0) is 15.4. The quantitative estimate of drug-likeness (QED) is 0.304. The highest BCUT2D eigenvalue weighted by molar-refractivity contribution is 5.69. The first-order chi connectivity index (χ1) is 9.54. The molecule has 2 atom stereocenters. The summed E-state index contributed by atoms with van der Waals surface area (Å²) < 4.78 is 4.81. The van der Waals surface area contributed by atoms with Gasteiger partial charge in [0.25, 0.3) is 0 Å². The van der Waals surface area contributed by atoms with Gasteiger partial charge in [-0.05, 0) is 25.5 Å². The molecule has 4 heteroatoms. The maximum absolute atomic E-state index is 10.5. The first-order valence-corrected chi connectivity index (χ1v) is 6.39. The molecule has 0 aromatic heterocycles. The van der Waals surface area contributed by atoms with Crippen molar-refractivity contribution >= 4 is 12.6 Å². The Hall–Kier alpha value is -1.94. The van der Waals surface area contributed by atoms with Crippen molar-refractivity contribution in [2.24, 2.45) is 5.92 Å². The number of aldehydes is 2. The number of ether oxygens (including phenoxy) is 1. The van der Waals surface area contributed by atoms with Crippen LogP contribution in [-0.2, 0) is 14.3 Å². The summed E-state index contributed by atoms with van der Waals surface area (Å²) in [6.45, 7) is 3.81. The standard InChI is InChI=1S/C16H22O4/c1-13(7-5-4-6-10-17)11-14(2)16(19)9-8-15(12-18)20-3/h4-8,10-12,14,16,19H,9H2,1-3H3/b6-4+,7-5+,13-11+,15-8+/t14-,16-/m0/s1. The Morgan fingerprint density at radius 1 is 1.25 bits per heavy atom. The maximum Gasteiger partial charge on any atom is 0.184 e. The number of aliphatic hydroxyl groups is 1. The summed E-state index contributed by atoms with van der Waals surface area (Å²) in [6, 6.07) is 0. The third-order valence-corrected chi connectivity index (χ3v) is 2.70. The summed E-state index contributed by atoms with van der Waals surface area (Å²) in [4.78, 5) is 20.6. The molecule has 0 aliphatic heterocycles. The van der Waals surface area contributed by atoms with Gasteiger partial charge in [-0.2, -0.15) is 0 Å². The molecule has 0 unspecified atom stereocenters. The number of hydrogen-bond acceptors (Lipinski definition) is 4. The van der Waals surface area contributed by atoms with E-state index in [2.05, 4.69) is 0 Å². The molecular weight excluding hydrogens is 256 g/mol. The van der Waals surface area contributed by atoms with Crippen molar-refractivity contribution < 1.29 is 19.4 Å². The smallest absolute Gasteiger partial charge is 0.184 e.